The van der Waals surface area contributed by atoms with Crippen molar-refractivity contribution >= 4 is 33.5 Å². The number of rotatable bonds is 7. The number of methoxy groups -OCH3 is 3. The molecule has 3 aromatic rings. The highest BCUT2D eigenvalue weighted by Crippen LogP contribution is 2.41. The van der Waals surface area contributed by atoms with Gasteiger partial charge in [-0.2, -0.15) is 0 Å². The molecule has 1 aromatic carbocycles. The van der Waals surface area contributed by atoms with E-state index < -0.39 is 6.10 Å². The van der Waals surface area contributed by atoms with E-state index in [4.69, 9.17) is 14.2 Å². The average molecular weight is 393 g/mol. The molecule has 0 bridgehead atoms. The van der Waals surface area contributed by atoms with Gasteiger partial charge in [-0.25, -0.2) is 0 Å². The molecular weight excluding hydrogens is 374 g/mol. The number of nitrogens with zero attached hydrogens (tertiary/aromatic N) is 2. The molecule has 0 radical (unpaired) electrons. The summed E-state index contributed by atoms with van der Waals surface area (Å²) in [4.78, 5) is 0.875. The number of thiophene rings is 1. The summed E-state index contributed by atoms with van der Waals surface area (Å²) in [6.45, 7) is 1.96. The summed E-state index contributed by atoms with van der Waals surface area (Å²) in [6.07, 6.45) is -0.775. The van der Waals surface area contributed by atoms with Gasteiger partial charge in [-0.15, -0.1) is 21.5 Å². The molecule has 7 nitrogen and oxygen atoms in total. The van der Waals surface area contributed by atoms with Crippen LogP contribution in [0.2, 0.25) is 0 Å². The number of hydrogen-bond acceptors (Lipinski definition) is 9. The first kappa shape index (κ1) is 18.4. The molecule has 0 fully saturated rings. The van der Waals surface area contributed by atoms with Crippen molar-refractivity contribution < 1.29 is 19.3 Å². The second kappa shape index (κ2) is 7.90. The van der Waals surface area contributed by atoms with Crippen LogP contribution in [-0.4, -0.2) is 36.6 Å². The minimum absolute atomic E-state index is 0.516. The van der Waals surface area contributed by atoms with E-state index in [0.717, 1.165) is 10.4 Å². The van der Waals surface area contributed by atoms with Gasteiger partial charge >= 0.3 is 0 Å². The summed E-state index contributed by atoms with van der Waals surface area (Å²) in [5.41, 5.74) is 1.75. The average Bonchev–Trinajstić information content (AvgIpc) is 3.29. The maximum atomic E-state index is 10.5. The van der Waals surface area contributed by atoms with Gasteiger partial charge in [-0.05, 0) is 23.9 Å². The summed E-state index contributed by atoms with van der Waals surface area (Å²) < 4.78 is 16.0. The van der Waals surface area contributed by atoms with Crippen LogP contribution in [0, 0.1) is 6.92 Å². The number of aryl methyl sites for hydroxylation is 1. The van der Waals surface area contributed by atoms with Crippen molar-refractivity contribution in [1.82, 2.24) is 10.2 Å². The smallest absolute Gasteiger partial charge is 0.210 e. The van der Waals surface area contributed by atoms with Crippen molar-refractivity contribution in [1.29, 1.82) is 0 Å². The first-order valence-electron chi connectivity index (χ1n) is 7.69. The molecule has 1 atom stereocenters. The van der Waals surface area contributed by atoms with E-state index in [-0.39, 0.29) is 0 Å². The van der Waals surface area contributed by atoms with Crippen LogP contribution in [0.25, 0.3) is 0 Å². The number of aromatic nitrogens is 2. The van der Waals surface area contributed by atoms with Crippen LogP contribution in [0.1, 0.15) is 21.6 Å². The van der Waals surface area contributed by atoms with Gasteiger partial charge in [0.1, 0.15) is 6.10 Å². The van der Waals surface area contributed by atoms with E-state index in [1.165, 1.54) is 22.7 Å². The second-order valence-corrected chi connectivity index (χ2v) is 7.31. The molecular formula is C17H19N3O4S2. The number of hydrogen-bond donors (Lipinski definition) is 2. The number of aliphatic hydroxyl groups excluding tert-OH is 1. The van der Waals surface area contributed by atoms with Gasteiger partial charge in [-0.3, -0.25) is 0 Å². The van der Waals surface area contributed by atoms with Gasteiger partial charge in [0.05, 0.1) is 21.3 Å². The van der Waals surface area contributed by atoms with E-state index in [1.54, 1.807) is 33.5 Å². The van der Waals surface area contributed by atoms with E-state index in [0.29, 0.717) is 33.1 Å². The molecule has 2 N–H and O–H groups in total. The molecule has 0 saturated carbocycles. The fraction of sp³-hybridized carbons (Fsp3) is 0.294. The van der Waals surface area contributed by atoms with Crippen molar-refractivity contribution in [3.8, 4) is 17.2 Å². The maximum absolute atomic E-state index is 10.5. The van der Waals surface area contributed by atoms with Crippen molar-refractivity contribution in [3.05, 3.63) is 39.0 Å². The van der Waals surface area contributed by atoms with Crippen molar-refractivity contribution in [2.75, 3.05) is 26.6 Å². The fourth-order valence-corrected chi connectivity index (χ4v) is 4.20. The highest BCUT2D eigenvalue weighted by Gasteiger charge is 2.20. The van der Waals surface area contributed by atoms with Crippen LogP contribution >= 0.6 is 22.7 Å². The summed E-state index contributed by atoms with van der Waals surface area (Å²) in [7, 11) is 4.67. The first-order valence-corrected chi connectivity index (χ1v) is 9.39. The maximum Gasteiger partial charge on any atom is 0.210 e. The van der Waals surface area contributed by atoms with Gasteiger partial charge in [-0.1, -0.05) is 11.3 Å². The van der Waals surface area contributed by atoms with Gasteiger partial charge < -0.3 is 24.6 Å². The zero-order valence-corrected chi connectivity index (χ0v) is 16.4. The predicted octanol–water partition coefficient (Wildman–Crippen LogP) is 3.76. The number of nitrogens with one attached hydrogen (secondary N) is 1. The third-order valence-electron chi connectivity index (χ3n) is 3.74. The lowest BCUT2D eigenvalue weighted by Crippen LogP contribution is -1.97. The number of aliphatic hydroxyl groups is 1. The molecule has 0 spiro atoms. The largest absolute Gasteiger partial charge is 0.493 e. The Labute approximate surface area is 159 Å². The lowest BCUT2D eigenvalue weighted by Gasteiger charge is -2.14. The highest BCUT2D eigenvalue weighted by molar-refractivity contribution is 7.15. The van der Waals surface area contributed by atoms with Gasteiger partial charge in [0.2, 0.25) is 10.9 Å². The molecule has 1 unspecified atom stereocenters. The molecule has 0 amide bonds. The minimum atomic E-state index is -0.775. The van der Waals surface area contributed by atoms with Crippen LogP contribution in [-0.2, 0) is 0 Å². The molecule has 2 heterocycles. The Kier molecular flexibility index (Phi) is 5.60. The number of ether oxygens (including phenoxy) is 3. The quantitative estimate of drug-likeness (QED) is 0.632. The van der Waals surface area contributed by atoms with Gasteiger partial charge in [0.25, 0.3) is 0 Å². The number of anilines is 2. The van der Waals surface area contributed by atoms with E-state index in [9.17, 15) is 5.11 Å². The van der Waals surface area contributed by atoms with Crippen molar-refractivity contribution in [3.63, 3.8) is 0 Å². The summed E-state index contributed by atoms with van der Waals surface area (Å²) >= 11 is 2.79. The molecule has 0 aliphatic rings. The van der Waals surface area contributed by atoms with E-state index in [2.05, 4.69) is 15.5 Å². The Bertz CT molecular complexity index is 869. The summed E-state index contributed by atoms with van der Waals surface area (Å²) in [6, 6.07) is 5.53. The Balaban J connectivity index is 1.84. The molecule has 2 aromatic heterocycles. The first-order chi connectivity index (χ1) is 12.6. The molecule has 26 heavy (non-hydrogen) atoms. The topological polar surface area (TPSA) is 85.7 Å². The highest BCUT2D eigenvalue weighted by atomic mass is 32.1. The summed E-state index contributed by atoms with van der Waals surface area (Å²) in [5.74, 6) is 1.59. The Hall–Kier alpha value is -2.36. The van der Waals surface area contributed by atoms with Gasteiger partial charge in [0.15, 0.2) is 16.5 Å². The van der Waals surface area contributed by atoms with Crippen LogP contribution in [0.15, 0.2) is 23.6 Å². The third kappa shape index (κ3) is 3.59. The van der Waals surface area contributed by atoms with Crippen LogP contribution in [0.3, 0.4) is 0 Å². The minimum Gasteiger partial charge on any atom is -0.493 e. The van der Waals surface area contributed by atoms with E-state index >= 15 is 0 Å². The van der Waals surface area contributed by atoms with Crippen LogP contribution in [0.5, 0.6) is 17.2 Å². The van der Waals surface area contributed by atoms with Gasteiger partial charge in [0, 0.05) is 22.7 Å². The standard InChI is InChI=1S/C17H19N3O4S2/c1-9-5-6-25-15(9)13(21)16-19-20-17(26-16)18-10-7-11(22-2)14(24-4)12(8-10)23-3/h5-8,13,21H,1-4H3,(H,18,20). The predicted molar refractivity (Wildman–Crippen MR) is 102 cm³/mol. The number of benzene rings is 1. The van der Waals surface area contributed by atoms with E-state index in [1.807, 2.05) is 18.4 Å². The fourth-order valence-electron chi connectivity index (χ4n) is 2.45. The zero-order valence-electron chi connectivity index (χ0n) is 14.8. The Morgan fingerprint density at radius 1 is 1.08 bits per heavy atom. The third-order valence-corrected chi connectivity index (χ3v) is 5.70. The monoisotopic (exact) mass is 393 g/mol. The Morgan fingerprint density at radius 3 is 2.31 bits per heavy atom. The van der Waals surface area contributed by atoms with Crippen LogP contribution < -0.4 is 19.5 Å². The molecule has 0 aliphatic heterocycles. The Morgan fingerprint density at radius 2 is 1.77 bits per heavy atom. The normalized spacial score (nSPS) is 11.9. The lowest BCUT2D eigenvalue weighted by atomic mass is 10.2. The zero-order chi connectivity index (χ0) is 18.7. The summed E-state index contributed by atoms with van der Waals surface area (Å²) in [5, 5.41) is 24.9. The molecule has 0 saturated heterocycles. The molecule has 0 aliphatic carbocycles. The molecule has 3 rings (SSSR count). The van der Waals surface area contributed by atoms with Crippen LogP contribution in [0.4, 0.5) is 10.8 Å². The molecule has 138 valence electrons. The van der Waals surface area contributed by atoms with Crippen molar-refractivity contribution in [2.24, 2.45) is 0 Å². The molecule has 9 heteroatoms. The van der Waals surface area contributed by atoms with Crippen molar-refractivity contribution in [2.45, 2.75) is 13.0 Å². The lowest BCUT2D eigenvalue weighted by molar-refractivity contribution is 0.222. The second-order valence-electron chi connectivity index (χ2n) is 5.35. The SMILES string of the molecule is COc1cc(Nc2nnc(C(O)c3sccc3C)s2)cc(OC)c1OC.